The van der Waals surface area contributed by atoms with E-state index in [0.29, 0.717) is 16.7 Å². The number of aliphatic hydroxyl groups excluding tert-OH is 1. The SMILES string of the molecule is Cc1cc(C(O)c2ccc(F)c(F)c2)cc(C)c1F. The van der Waals surface area contributed by atoms with Crippen molar-refractivity contribution in [1.29, 1.82) is 0 Å². The molecule has 0 aliphatic heterocycles. The van der Waals surface area contributed by atoms with Gasteiger partial charge in [0.05, 0.1) is 0 Å². The van der Waals surface area contributed by atoms with Gasteiger partial charge in [-0.1, -0.05) is 18.2 Å². The van der Waals surface area contributed by atoms with Crippen molar-refractivity contribution in [2.24, 2.45) is 0 Å². The quantitative estimate of drug-likeness (QED) is 0.876. The number of halogens is 3. The van der Waals surface area contributed by atoms with Gasteiger partial charge in [0.25, 0.3) is 0 Å². The van der Waals surface area contributed by atoms with Crippen molar-refractivity contribution >= 4 is 0 Å². The third-order valence-corrected chi connectivity index (χ3v) is 3.03. The van der Waals surface area contributed by atoms with Gasteiger partial charge in [0.15, 0.2) is 11.6 Å². The summed E-state index contributed by atoms with van der Waals surface area (Å²) in [7, 11) is 0. The lowest BCUT2D eigenvalue weighted by molar-refractivity contribution is 0.219. The van der Waals surface area contributed by atoms with E-state index in [0.717, 1.165) is 12.1 Å². The maximum Gasteiger partial charge on any atom is 0.159 e. The van der Waals surface area contributed by atoms with E-state index in [4.69, 9.17) is 0 Å². The molecule has 0 radical (unpaired) electrons. The average molecular weight is 266 g/mol. The van der Waals surface area contributed by atoms with Crippen LogP contribution in [0.1, 0.15) is 28.4 Å². The normalized spacial score (nSPS) is 12.5. The van der Waals surface area contributed by atoms with Crippen molar-refractivity contribution in [3.8, 4) is 0 Å². The average Bonchev–Trinajstić information content (AvgIpc) is 2.37. The minimum Gasteiger partial charge on any atom is -0.384 e. The Kier molecular flexibility index (Phi) is 3.62. The molecule has 2 aromatic carbocycles. The lowest BCUT2D eigenvalue weighted by Gasteiger charge is -2.14. The van der Waals surface area contributed by atoms with Crippen LogP contribution in [-0.2, 0) is 0 Å². The summed E-state index contributed by atoms with van der Waals surface area (Å²) in [6, 6.07) is 6.19. The molecule has 1 nitrogen and oxygen atoms in total. The molecule has 1 unspecified atom stereocenters. The molecule has 1 N–H and O–H groups in total. The summed E-state index contributed by atoms with van der Waals surface area (Å²) in [6.45, 7) is 3.17. The zero-order chi connectivity index (χ0) is 14.2. The van der Waals surface area contributed by atoms with Gasteiger partial charge in [0.2, 0.25) is 0 Å². The molecule has 0 fully saturated rings. The van der Waals surface area contributed by atoms with Crippen molar-refractivity contribution < 1.29 is 18.3 Å². The molecule has 0 heterocycles. The highest BCUT2D eigenvalue weighted by Crippen LogP contribution is 2.26. The molecular weight excluding hydrogens is 253 g/mol. The van der Waals surface area contributed by atoms with Crippen LogP contribution in [0.2, 0.25) is 0 Å². The standard InChI is InChI=1S/C15H13F3O/c1-8-5-11(6-9(2)14(8)18)15(19)10-3-4-12(16)13(17)7-10/h3-7,15,19H,1-2H3. The lowest BCUT2D eigenvalue weighted by atomic mass is 9.97. The second-order valence-electron chi connectivity index (χ2n) is 4.54. The molecule has 0 saturated heterocycles. The maximum absolute atomic E-state index is 13.5. The molecule has 19 heavy (non-hydrogen) atoms. The van der Waals surface area contributed by atoms with E-state index in [1.165, 1.54) is 18.2 Å². The first-order chi connectivity index (χ1) is 8.90. The maximum atomic E-state index is 13.5. The molecule has 0 spiro atoms. The monoisotopic (exact) mass is 266 g/mol. The second kappa shape index (κ2) is 5.05. The smallest absolute Gasteiger partial charge is 0.159 e. The van der Waals surface area contributed by atoms with Crippen molar-refractivity contribution in [2.75, 3.05) is 0 Å². The van der Waals surface area contributed by atoms with Gasteiger partial charge in [0.1, 0.15) is 11.9 Å². The number of hydrogen-bond donors (Lipinski definition) is 1. The molecule has 4 heteroatoms. The zero-order valence-electron chi connectivity index (χ0n) is 10.5. The van der Waals surface area contributed by atoms with E-state index >= 15 is 0 Å². The number of rotatable bonds is 2. The Morgan fingerprint density at radius 1 is 0.842 bits per heavy atom. The highest BCUT2D eigenvalue weighted by molar-refractivity contribution is 5.36. The largest absolute Gasteiger partial charge is 0.384 e. The molecule has 2 aromatic rings. The van der Waals surface area contributed by atoms with Gasteiger partial charge in [-0.2, -0.15) is 0 Å². The molecule has 0 saturated carbocycles. The van der Waals surface area contributed by atoms with Gasteiger partial charge in [-0.3, -0.25) is 0 Å². The first kappa shape index (κ1) is 13.6. The Morgan fingerprint density at radius 3 is 1.95 bits per heavy atom. The van der Waals surface area contributed by atoms with Crippen LogP contribution in [0.5, 0.6) is 0 Å². The van der Waals surface area contributed by atoms with Crippen LogP contribution < -0.4 is 0 Å². The van der Waals surface area contributed by atoms with Crippen LogP contribution >= 0.6 is 0 Å². The third kappa shape index (κ3) is 2.63. The fraction of sp³-hybridized carbons (Fsp3) is 0.200. The van der Waals surface area contributed by atoms with Gasteiger partial charge in [-0.05, 0) is 48.2 Å². The number of hydrogen-bond acceptors (Lipinski definition) is 1. The van der Waals surface area contributed by atoms with Crippen LogP contribution in [-0.4, -0.2) is 5.11 Å². The van der Waals surface area contributed by atoms with Crippen LogP contribution in [0.3, 0.4) is 0 Å². The predicted octanol–water partition coefficient (Wildman–Crippen LogP) is 3.80. The summed E-state index contributed by atoms with van der Waals surface area (Å²) in [4.78, 5) is 0. The molecule has 0 aliphatic rings. The lowest BCUT2D eigenvalue weighted by Crippen LogP contribution is -2.03. The Labute approximate surface area is 109 Å². The molecule has 2 rings (SSSR count). The number of benzene rings is 2. The van der Waals surface area contributed by atoms with E-state index in [9.17, 15) is 18.3 Å². The minimum absolute atomic E-state index is 0.226. The minimum atomic E-state index is -1.12. The van der Waals surface area contributed by atoms with Gasteiger partial charge in [-0.25, -0.2) is 13.2 Å². The number of aliphatic hydroxyl groups is 1. The van der Waals surface area contributed by atoms with Gasteiger partial charge < -0.3 is 5.11 Å². The van der Waals surface area contributed by atoms with Gasteiger partial charge >= 0.3 is 0 Å². The summed E-state index contributed by atoms with van der Waals surface area (Å²) < 4.78 is 39.5. The molecule has 0 aromatic heterocycles. The highest BCUT2D eigenvalue weighted by Gasteiger charge is 2.15. The van der Waals surface area contributed by atoms with Crippen molar-refractivity contribution in [3.63, 3.8) is 0 Å². The Bertz CT molecular complexity index is 600. The Morgan fingerprint density at radius 2 is 1.42 bits per heavy atom. The summed E-state index contributed by atoms with van der Waals surface area (Å²) in [5, 5.41) is 10.1. The van der Waals surface area contributed by atoms with E-state index in [2.05, 4.69) is 0 Å². The van der Waals surface area contributed by atoms with E-state index in [1.54, 1.807) is 13.8 Å². The fourth-order valence-electron chi connectivity index (χ4n) is 2.01. The van der Waals surface area contributed by atoms with E-state index < -0.39 is 17.7 Å². The molecule has 1 atom stereocenters. The summed E-state index contributed by atoms with van der Waals surface area (Å²) in [5.41, 5.74) is 1.47. The zero-order valence-corrected chi connectivity index (χ0v) is 10.5. The van der Waals surface area contributed by atoms with Gasteiger partial charge in [0, 0.05) is 0 Å². The fourth-order valence-corrected chi connectivity index (χ4v) is 2.01. The molecule has 0 aliphatic carbocycles. The first-order valence-corrected chi connectivity index (χ1v) is 5.80. The topological polar surface area (TPSA) is 20.2 Å². The summed E-state index contributed by atoms with van der Waals surface area (Å²) in [6.07, 6.45) is -1.12. The first-order valence-electron chi connectivity index (χ1n) is 5.80. The van der Waals surface area contributed by atoms with E-state index in [1.807, 2.05) is 0 Å². The van der Waals surface area contributed by atoms with Crippen molar-refractivity contribution in [2.45, 2.75) is 20.0 Å². The molecule has 0 bridgehead atoms. The molecular formula is C15H13F3O. The summed E-state index contributed by atoms with van der Waals surface area (Å²) in [5.74, 6) is -2.32. The van der Waals surface area contributed by atoms with Crippen LogP contribution in [0, 0.1) is 31.3 Å². The third-order valence-electron chi connectivity index (χ3n) is 3.03. The van der Waals surface area contributed by atoms with Crippen molar-refractivity contribution in [3.05, 3.63) is 70.0 Å². The molecule has 0 amide bonds. The highest BCUT2D eigenvalue weighted by atomic mass is 19.2. The Balaban J connectivity index is 2.43. The van der Waals surface area contributed by atoms with Crippen LogP contribution in [0.15, 0.2) is 30.3 Å². The number of aryl methyl sites for hydroxylation is 2. The van der Waals surface area contributed by atoms with Gasteiger partial charge in [-0.15, -0.1) is 0 Å². The predicted molar refractivity (Wildman–Crippen MR) is 66.3 cm³/mol. The van der Waals surface area contributed by atoms with Crippen LogP contribution in [0.25, 0.3) is 0 Å². The summed E-state index contributed by atoms with van der Waals surface area (Å²) >= 11 is 0. The van der Waals surface area contributed by atoms with E-state index in [-0.39, 0.29) is 11.4 Å². The second-order valence-corrected chi connectivity index (χ2v) is 4.54. The van der Waals surface area contributed by atoms with Crippen molar-refractivity contribution in [1.82, 2.24) is 0 Å². The Hall–Kier alpha value is -1.81. The van der Waals surface area contributed by atoms with Crippen LogP contribution in [0.4, 0.5) is 13.2 Å². The molecule has 100 valence electrons.